The van der Waals surface area contributed by atoms with Gasteiger partial charge in [0.25, 0.3) is 0 Å². The lowest BCUT2D eigenvalue weighted by Crippen LogP contribution is -2.14. The number of benzene rings is 1. The van der Waals surface area contributed by atoms with E-state index in [4.69, 9.17) is 0 Å². The van der Waals surface area contributed by atoms with Crippen molar-refractivity contribution in [3.8, 4) is 0 Å². The van der Waals surface area contributed by atoms with Crippen LogP contribution in [0.3, 0.4) is 0 Å². The van der Waals surface area contributed by atoms with Gasteiger partial charge in [-0.2, -0.15) is 0 Å². The summed E-state index contributed by atoms with van der Waals surface area (Å²) in [6.07, 6.45) is 2.20. The molecule has 1 aromatic carbocycles. The molecule has 0 heteroatoms. The second kappa shape index (κ2) is 5.08. The van der Waals surface area contributed by atoms with Gasteiger partial charge in [0.15, 0.2) is 0 Å². The predicted octanol–water partition coefficient (Wildman–Crippen LogP) is 5.11. The Balaban J connectivity index is 3.11. The van der Waals surface area contributed by atoms with Crippen LogP contribution in [0.1, 0.15) is 56.4 Å². The molecule has 0 heterocycles. The molecule has 94 valence electrons. The minimum absolute atomic E-state index is 0.230. The molecule has 0 aromatic heterocycles. The zero-order valence-electron chi connectivity index (χ0n) is 12.3. The fraction of sp³-hybridized carbons (Fsp3) is 0.529. The van der Waals surface area contributed by atoms with Gasteiger partial charge >= 0.3 is 0 Å². The Morgan fingerprint density at radius 1 is 1.18 bits per heavy atom. The van der Waals surface area contributed by atoms with Gasteiger partial charge in [-0.25, -0.2) is 0 Å². The first-order valence-corrected chi connectivity index (χ1v) is 6.47. The molecule has 1 rings (SSSR count). The van der Waals surface area contributed by atoms with Crippen molar-refractivity contribution < 1.29 is 0 Å². The Bertz CT molecular complexity index is 416. The topological polar surface area (TPSA) is 0 Å². The summed E-state index contributed by atoms with van der Waals surface area (Å²) in [4.78, 5) is 0. The molecule has 0 aliphatic heterocycles. The van der Waals surface area contributed by atoms with Crippen LogP contribution in [0, 0.1) is 13.8 Å². The van der Waals surface area contributed by atoms with Crippen molar-refractivity contribution >= 4 is 0 Å². The van der Waals surface area contributed by atoms with Crippen LogP contribution in [0.15, 0.2) is 24.3 Å². The lowest BCUT2D eigenvalue weighted by Gasteiger charge is -2.24. The Labute approximate surface area is 107 Å². The van der Waals surface area contributed by atoms with Gasteiger partial charge in [-0.3, -0.25) is 0 Å². The number of allylic oxidation sites excluding steroid dienone is 1. The predicted molar refractivity (Wildman–Crippen MR) is 77.8 cm³/mol. The lowest BCUT2D eigenvalue weighted by atomic mass is 9.81. The summed E-state index contributed by atoms with van der Waals surface area (Å²) in [6.45, 7) is 17.4. The van der Waals surface area contributed by atoms with Crippen molar-refractivity contribution in [2.75, 3.05) is 0 Å². The highest BCUT2D eigenvalue weighted by Gasteiger charge is 2.17. The second-order valence-electron chi connectivity index (χ2n) is 6.29. The third kappa shape index (κ3) is 3.73. The first-order valence-electron chi connectivity index (χ1n) is 6.47. The molecule has 0 fully saturated rings. The quantitative estimate of drug-likeness (QED) is 0.633. The van der Waals surface area contributed by atoms with E-state index < -0.39 is 0 Å². The summed E-state index contributed by atoms with van der Waals surface area (Å²) >= 11 is 0. The first kappa shape index (κ1) is 14.0. The SMILES string of the molecule is C=C(C)CCc1cc(C)c(C)c(C(C)(C)C)c1. The fourth-order valence-electron chi connectivity index (χ4n) is 2.22. The highest BCUT2D eigenvalue weighted by Crippen LogP contribution is 2.29. The molecule has 0 amide bonds. The van der Waals surface area contributed by atoms with E-state index in [-0.39, 0.29) is 5.41 Å². The highest BCUT2D eigenvalue weighted by atomic mass is 14.2. The van der Waals surface area contributed by atoms with Gasteiger partial charge in [0.05, 0.1) is 0 Å². The Kier molecular flexibility index (Phi) is 4.19. The van der Waals surface area contributed by atoms with Crippen molar-refractivity contribution in [3.63, 3.8) is 0 Å². The Hall–Kier alpha value is -1.04. The molecule has 0 spiro atoms. The molecule has 0 bridgehead atoms. The molecule has 0 aliphatic carbocycles. The van der Waals surface area contributed by atoms with E-state index in [0.29, 0.717) is 0 Å². The smallest absolute Gasteiger partial charge is 0.0129 e. The molecule has 0 unspecified atom stereocenters. The summed E-state index contributed by atoms with van der Waals surface area (Å²) < 4.78 is 0. The maximum absolute atomic E-state index is 3.98. The molecule has 0 saturated carbocycles. The largest absolute Gasteiger partial charge is 0.100 e. The Morgan fingerprint density at radius 2 is 1.76 bits per heavy atom. The van der Waals surface area contributed by atoms with Crippen molar-refractivity contribution in [2.45, 2.75) is 59.8 Å². The van der Waals surface area contributed by atoms with Gasteiger partial charge in [0.1, 0.15) is 0 Å². The molecule has 0 N–H and O–H groups in total. The number of hydrogen-bond acceptors (Lipinski definition) is 0. The lowest BCUT2D eigenvalue weighted by molar-refractivity contribution is 0.584. The van der Waals surface area contributed by atoms with E-state index in [0.717, 1.165) is 12.8 Å². The van der Waals surface area contributed by atoms with Crippen LogP contribution < -0.4 is 0 Å². The summed E-state index contributed by atoms with van der Waals surface area (Å²) in [7, 11) is 0. The number of rotatable bonds is 3. The molecule has 1 aromatic rings. The zero-order valence-corrected chi connectivity index (χ0v) is 12.3. The van der Waals surface area contributed by atoms with Crippen LogP contribution in [0.2, 0.25) is 0 Å². The van der Waals surface area contributed by atoms with Crippen molar-refractivity contribution in [2.24, 2.45) is 0 Å². The normalized spacial score (nSPS) is 11.6. The Morgan fingerprint density at radius 3 is 2.24 bits per heavy atom. The van der Waals surface area contributed by atoms with Gasteiger partial charge < -0.3 is 0 Å². The number of hydrogen-bond donors (Lipinski definition) is 0. The number of aryl methyl sites for hydroxylation is 2. The van der Waals surface area contributed by atoms with E-state index in [1.807, 2.05) is 0 Å². The summed E-state index contributed by atoms with van der Waals surface area (Å²) in [5, 5.41) is 0. The van der Waals surface area contributed by atoms with E-state index in [2.05, 4.69) is 60.3 Å². The van der Waals surface area contributed by atoms with Crippen molar-refractivity contribution in [1.29, 1.82) is 0 Å². The second-order valence-corrected chi connectivity index (χ2v) is 6.29. The van der Waals surface area contributed by atoms with Crippen LogP contribution in [-0.2, 0) is 11.8 Å². The molecular weight excluding hydrogens is 204 g/mol. The summed E-state index contributed by atoms with van der Waals surface area (Å²) in [5.74, 6) is 0. The third-order valence-electron chi connectivity index (χ3n) is 3.38. The average molecular weight is 230 g/mol. The van der Waals surface area contributed by atoms with E-state index in [9.17, 15) is 0 Å². The van der Waals surface area contributed by atoms with Crippen LogP contribution in [-0.4, -0.2) is 0 Å². The highest BCUT2D eigenvalue weighted by molar-refractivity contribution is 5.41. The minimum Gasteiger partial charge on any atom is -0.100 e. The molecule has 0 aliphatic rings. The van der Waals surface area contributed by atoms with Gasteiger partial charge in [-0.15, -0.1) is 6.58 Å². The van der Waals surface area contributed by atoms with Crippen molar-refractivity contribution in [1.82, 2.24) is 0 Å². The average Bonchev–Trinajstić information content (AvgIpc) is 2.17. The van der Waals surface area contributed by atoms with E-state index >= 15 is 0 Å². The standard InChI is InChI=1S/C17H26/c1-12(2)8-9-15-10-13(3)14(4)16(11-15)17(5,6)7/h10-11H,1,8-9H2,2-7H3. The maximum Gasteiger partial charge on any atom is -0.0129 e. The van der Waals surface area contributed by atoms with Crippen molar-refractivity contribution in [3.05, 3.63) is 46.5 Å². The van der Waals surface area contributed by atoms with Crippen LogP contribution in [0.5, 0.6) is 0 Å². The summed E-state index contributed by atoms with van der Waals surface area (Å²) in [6, 6.07) is 4.71. The van der Waals surface area contributed by atoms with Gasteiger partial charge in [-0.05, 0) is 61.3 Å². The molecule has 0 radical (unpaired) electrons. The summed E-state index contributed by atoms with van der Waals surface area (Å²) in [5.41, 5.74) is 7.27. The van der Waals surface area contributed by atoms with Crippen LogP contribution in [0.4, 0.5) is 0 Å². The molecule has 0 atom stereocenters. The zero-order chi connectivity index (χ0) is 13.2. The molecule has 0 nitrogen and oxygen atoms in total. The minimum atomic E-state index is 0.230. The molecular formula is C17H26. The van der Waals surface area contributed by atoms with Gasteiger partial charge in [-0.1, -0.05) is 38.5 Å². The van der Waals surface area contributed by atoms with E-state index in [1.54, 1.807) is 0 Å². The maximum atomic E-state index is 3.98. The van der Waals surface area contributed by atoms with Crippen LogP contribution >= 0.6 is 0 Å². The third-order valence-corrected chi connectivity index (χ3v) is 3.38. The monoisotopic (exact) mass is 230 g/mol. The van der Waals surface area contributed by atoms with Gasteiger partial charge in [0, 0.05) is 0 Å². The first-order chi connectivity index (χ1) is 7.71. The molecule has 0 saturated heterocycles. The molecule has 17 heavy (non-hydrogen) atoms. The van der Waals surface area contributed by atoms with E-state index in [1.165, 1.54) is 27.8 Å². The van der Waals surface area contributed by atoms with Gasteiger partial charge in [0.2, 0.25) is 0 Å². The fourth-order valence-corrected chi connectivity index (χ4v) is 2.22. The van der Waals surface area contributed by atoms with Crippen LogP contribution in [0.25, 0.3) is 0 Å².